The molecular formula is C23H25N5O2S. The number of carbonyl (C=O) groups excluding carboxylic acids is 1. The van der Waals surface area contributed by atoms with Gasteiger partial charge in [-0.25, -0.2) is 0 Å². The van der Waals surface area contributed by atoms with Gasteiger partial charge in [-0.15, -0.1) is 0 Å². The van der Waals surface area contributed by atoms with E-state index in [1.165, 1.54) is 0 Å². The molecule has 2 aromatic heterocycles. The second-order valence-corrected chi connectivity index (χ2v) is 7.82. The number of hydrogen-bond acceptors (Lipinski definition) is 4. The molecule has 8 heteroatoms. The second kappa shape index (κ2) is 9.18. The fourth-order valence-corrected chi connectivity index (χ4v) is 4.22. The van der Waals surface area contributed by atoms with Gasteiger partial charge in [0.2, 0.25) is 5.91 Å². The summed E-state index contributed by atoms with van der Waals surface area (Å²) in [4.78, 5) is 19.3. The molecule has 1 aliphatic heterocycles. The number of pyridine rings is 1. The van der Waals surface area contributed by atoms with Crippen LogP contribution in [0.15, 0.2) is 67.1 Å². The van der Waals surface area contributed by atoms with Crippen molar-refractivity contribution in [3.05, 3.63) is 78.4 Å². The number of nitrogens with one attached hydrogen (secondary N) is 2. The first-order valence-electron chi connectivity index (χ1n) is 10.1. The zero-order chi connectivity index (χ0) is 21.8. The van der Waals surface area contributed by atoms with Gasteiger partial charge in [0.05, 0.1) is 30.6 Å². The SMILES string of the molecule is COc1ccccc1NC(=O)CCN1C(=S)N[C@H](c2ccccn2)[C@@H]1c1ccn(C)c1. The van der Waals surface area contributed by atoms with Crippen LogP contribution in [0.5, 0.6) is 5.75 Å². The van der Waals surface area contributed by atoms with E-state index in [-0.39, 0.29) is 24.4 Å². The van der Waals surface area contributed by atoms with Crippen LogP contribution in [-0.4, -0.2) is 39.1 Å². The van der Waals surface area contributed by atoms with E-state index < -0.39 is 0 Å². The van der Waals surface area contributed by atoms with Crippen LogP contribution in [0.3, 0.4) is 0 Å². The van der Waals surface area contributed by atoms with Crippen LogP contribution < -0.4 is 15.4 Å². The van der Waals surface area contributed by atoms with Crippen LogP contribution in [0.2, 0.25) is 0 Å². The Bertz CT molecular complexity index is 1070. The van der Waals surface area contributed by atoms with E-state index in [1.54, 1.807) is 13.3 Å². The number of carbonyl (C=O) groups is 1. The number of anilines is 1. The van der Waals surface area contributed by atoms with Crippen molar-refractivity contribution in [2.45, 2.75) is 18.5 Å². The number of benzene rings is 1. The number of thiocarbonyl (C=S) groups is 1. The summed E-state index contributed by atoms with van der Waals surface area (Å²) >= 11 is 5.65. The van der Waals surface area contributed by atoms with E-state index in [9.17, 15) is 4.79 Å². The normalized spacial score (nSPS) is 18.0. The first kappa shape index (κ1) is 20.9. The fraction of sp³-hybridized carbons (Fsp3) is 0.261. The molecular weight excluding hydrogens is 410 g/mol. The fourth-order valence-electron chi connectivity index (χ4n) is 3.89. The Kier molecular flexibility index (Phi) is 6.18. The molecule has 0 bridgehead atoms. The Morgan fingerprint density at radius 2 is 2.03 bits per heavy atom. The highest BCUT2D eigenvalue weighted by molar-refractivity contribution is 7.80. The maximum atomic E-state index is 12.7. The van der Waals surface area contributed by atoms with E-state index in [2.05, 4.69) is 32.8 Å². The molecule has 2 N–H and O–H groups in total. The summed E-state index contributed by atoms with van der Waals surface area (Å²) < 4.78 is 7.33. The zero-order valence-electron chi connectivity index (χ0n) is 17.5. The highest BCUT2D eigenvalue weighted by Gasteiger charge is 2.40. The monoisotopic (exact) mass is 435 g/mol. The number of aryl methyl sites for hydroxylation is 1. The lowest BCUT2D eigenvalue weighted by molar-refractivity contribution is -0.116. The van der Waals surface area contributed by atoms with Crippen LogP contribution >= 0.6 is 12.2 Å². The Balaban J connectivity index is 1.52. The molecule has 1 fully saturated rings. The number of hydrogen-bond donors (Lipinski definition) is 2. The van der Waals surface area contributed by atoms with E-state index in [4.69, 9.17) is 17.0 Å². The van der Waals surface area contributed by atoms with E-state index in [0.717, 1.165) is 11.3 Å². The molecule has 160 valence electrons. The number of ether oxygens (including phenoxy) is 1. The van der Waals surface area contributed by atoms with Gasteiger partial charge in [-0.2, -0.15) is 0 Å². The summed E-state index contributed by atoms with van der Waals surface area (Å²) in [6, 6.07) is 15.2. The summed E-state index contributed by atoms with van der Waals surface area (Å²) in [5, 5.41) is 6.95. The Morgan fingerprint density at radius 3 is 2.74 bits per heavy atom. The summed E-state index contributed by atoms with van der Waals surface area (Å²) in [6.45, 7) is 0.482. The third kappa shape index (κ3) is 4.54. The number of nitrogens with zero attached hydrogens (tertiary/aromatic N) is 3. The lowest BCUT2D eigenvalue weighted by atomic mass is 9.99. The summed E-state index contributed by atoms with van der Waals surface area (Å²) in [7, 11) is 3.58. The van der Waals surface area contributed by atoms with Gasteiger partial charge >= 0.3 is 0 Å². The van der Waals surface area contributed by atoms with Crippen molar-refractivity contribution in [1.82, 2.24) is 19.8 Å². The minimum atomic E-state index is -0.0969. The second-order valence-electron chi connectivity index (χ2n) is 7.43. The Morgan fingerprint density at radius 1 is 1.23 bits per heavy atom. The highest BCUT2D eigenvalue weighted by atomic mass is 32.1. The van der Waals surface area contributed by atoms with Crippen molar-refractivity contribution >= 4 is 28.9 Å². The van der Waals surface area contributed by atoms with Gasteiger partial charge in [0, 0.05) is 38.6 Å². The van der Waals surface area contributed by atoms with Crippen LogP contribution in [-0.2, 0) is 11.8 Å². The van der Waals surface area contributed by atoms with Crippen molar-refractivity contribution in [3.8, 4) is 5.75 Å². The van der Waals surface area contributed by atoms with Crippen LogP contribution in [0.1, 0.15) is 29.8 Å². The van der Waals surface area contributed by atoms with Crippen molar-refractivity contribution in [2.24, 2.45) is 7.05 Å². The largest absolute Gasteiger partial charge is 0.495 e. The lowest BCUT2D eigenvalue weighted by Crippen LogP contribution is -2.32. The minimum absolute atomic E-state index is 0.0531. The number of amides is 1. The molecule has 1 amide bonds. The molecule has 1 aliphatic rings. The molecule has 0 saturated carbocycles. The lowest BCUT2D eigenvalue weighted by Gasteiger charge is -2.27. The van der Waals surface area contributed by atoms with E-state index in [1.807, 2.05) is 60.3 Å². The number of aromatic nitrogens is 2. The van der Waals surface area contributed by atoms with Gasteiger partial charge in [-0.3, -0.25) is 9.78 Å². The van der Waals surface area contributed by atoms with Gasteiger partial charge in [-0.05, 0) is 48.1 Å². The Hall–Kier alpha value is -3.39. The van der Waals surface area contributed by atoms with Crippen molar-refractivity contribution in [2.75, 3.05) is 19.0 Å². The maximum Gasteiger partial charge on any atom is 0.226 e. The molecule has 0 radical (unpaired) electrons. The molecule has 0 spiro atoms. The van der Waals surface area contributed by atoms with Gasteiger partial charge < -0.3 is 24.8 Å². The maximum absolute atomic E-state index is 12.7. The van der Waals surface area contributed by atoms with E-state index >= 15 is 0 Å². The summed E-state index contributed by atoms with van der Waals surface area (Å²) in [5.74, 6) is 0.534. The standard InChI is InChI=1S/C23H25N5O2S/c1-27-13-10-16(15-27)22-21(18-8-5-6-12-24-18)26-23(31)28(22)14-11-20(29)25-17-7-3-4-9-19(17)30-2/h3-10,12-13,15,21-22H,11,14H2,1-2H3,(H,25,29)(H,26,31)/t21-,22+/m1/s1. The average molecular weight is 436 g/mol. The van der Waals surface area contributed by atoms with Crippen LogP contribution in [0.25, 0.3) is 0 Å². The third-order valence-electron chi connectivity index (χ3n) is 5.35. The molecule has 2 atom stereocenters. The smallest absolute Gasteiger partial charge is 0.226 e. The van der Waals surface area contributed by atoms with Crippen LogP contribution in [0, 0.1) is 0 Å². The van der Waals surface area contributed by atoms with Crippen molar-refractivity contribution in [1.29, 1.82) is 0 Å². The van der Waals surface area contributed by atoms with Crippen molar-refractivity contribution in [3.63, 3.8) is 0 Å². The van der Waals surface area contributed by atoms with E-state index in [0.29, 0.717) is 23.1 Å². The average Bonchev–Trinajstić information content (AvgIpc) is 3.35. The molecule has 1 aromatic carbocycles. The number of para-hydroxylation sites is 2. The number of methoxy groups -OCH3 is 1. The summed E-state index contributed by atoms with van der Waals surface area (Å²) in [5.41, 5.74) is 2.69. The molecule has 31 heavy (non-hydrogen) atoms. The quantitative estimate of drug-likeness (QED) is 0.554. The molecule has 7 nitrogen and oxygen atoms in total. The van der Waals surface area contributed by atoms with Gasteiger partial charge in [-0.1, -0.05) is 18.2 Å². The first-order chi connectivity index (χ1) is 15.1. The van der Waals surface area contributed by atoms with Crippen LogP contribution in [0.4, 0.5) is 5.69 Å². The highest BCUT2D eigenvalue weighted by Crippen LogP contribution is 2.38. The predicted octanol–water partition coefficient (Wildman–Crippen LogP) is 3.43. The summed E-state index contributed by atoms with van der Waals surface area (Å²) in [6.07, 6.45) is 6.17. The van der Waals surface area contributed by atoms with Gasteiger partial charge in [0.1, 0.15) is 5.75 Å². The van der Waals surface area contributed by atoms with Gasteiger partial charge in [0.25, 0.3) is 0 Å². The van der Waals surface area contributed by atoms with Gasteiger partial charge in [0.15, 0.2) is 5.11 Å². The minimum Gasteiger partial charge on any atom is -0.495 e. The zero-order valence-corrected chi connectivity index (χ0v) is 18.3. The first-order valence-corrected chi connectivity index (χ1v) is 10.5. The Labute approximate surface area is 187 Å². The molecule has 0 unspecified atom stereocenters. The molecule has 0 aliphatic carbocycles. The molecule has 4 rings (SSSR count). The predicted molar refractivity (Wildman–Crippen MR) is 124 cm³/mol. The topological polar surface area (TPSA) is 71.4 Å². The third-order valence-corrected chi connectivity index (χ3v) is 5.71. The number of rotatable bonds is 7. The molecule has 1 saturated heterocycles. The van der Waals surface area contributed by atoms with Crippen molar-refractivity contribution < 1.29 is 9.53 Å². The molecule has 3 heterocycles. The molecule has 3 aromatic rings.